The molecule has 2 aromatic carbocycles. The number of nitrogens with zero attached hydrogens (tertiary/aromatic N) is 1. The Labute approximate surface area is 125 Å². The van der Waals surface area contributed by atoms with Gasteiger partial charge in [-0.05, 0) is 42.5 Å². The van der Waals surface area contributed by atoms with Crippen molar-refractivity contribution in [1.82, 2.24) is 9.55 Å². The summed E-state index contributed by atoms with van der Waals surface area (Å²) in [6.07, 6.45) is 1.14. The minimum atomic E-state index is -3.39. The first-order valence-electron chi connectivity index (χ1n) is 6.08. The van der Waals surface area contributed by atoms with Crippen molar-refractivity contribution < 1.29 is 12.8 Å². The number of benzene rings is 2. The van der Waals surface area contributed by atoms with Gasteiger partial charge in [-0.1, -0.05) is 12.1 Å². The second-order valence-electron chi connectivity index (χ2n) is 4.67. The maximum absolute atomic E-state index is 13.4. The van der Waals surface area contributed by atoms with Crippen molar-refractivity contribution in [3.8, 4) is 5.69 Å². The van der Waals surface area contributed by atoms with Gasteiger partial charge >= 0.3 is 0 Å². The van der Waals surface area contributed by atoms with Crippen molar-refractivity contribution in [2.45, 2.75) is 4.90 Å². The number of sulfone groups is 1. The number of fused-ring (bicyclic) bond motifs is 1. The fourth-order valence-electron chi connectivity index (χ4n) is 2.28. The van der Waals surface area contributed by atoms with Gasteiger partial charge in [-0.3, -0.25) is 4.57 Å². The number of halogens is 1. The smallest absolute Gasteiger partial charge is 0.182 e. The number of H-pyrrole nitrogens is 1. The van der Waals surface area contributed by atoms with Crippen LogP contribution in [-0.4, -0.2) is 24.2 Å². The van der Waals surface area contributed by atoms with Crippen molar-refractivity contribution in [2.24, 2.45) is 0 Å². The number of imidazole rings is 1. The normalized spacial score (nSPS) is 11.9. The summed E-state index contributed by atoms with van der Waals surface area (Å²) in [6, 6.07) is 10.8. The number of aromatic amines is 1. The molecule has 4 nitrogen and oxygen atoms in total. The van der Waals surface area contributed by atoms with Gasteiger partial charge in [0.15, 0.2) is 14.6 Å². The highest BCUT2D eigenvalue weighted by Gasteiger charge is 2.16. The van der Waals surface area contributed by atoms with Crippen molar-refractivity contribution in [2.75, 3.05) is 6.26 Å². The molecule has 1 N–H and O–H groups in total. The SMILES string of the molecule is CS(=O)(=O)c1cccc2c1[nH]c(=S)n2-c1cccc(F)c1. The minimum Gasteiger partial charge on any atom is -0.329 e. The molecule has 108 valence electrons. The summed E-state index contributed by atoms with van der Waals surface area (Å²) in [6.45, 7) is 0. The summed E-state index contributed by atoms with van der Waals surface area (Å²) >= 11 is 5.25. The maximum atomic E-state index is 13.4. The van der Waals surface area contributed by atoms with Crippen LogP contribution in [0.5, 0.6) is 0 Å². The Morgan fingerprint density at radius 1 is 1.19 bits per heavy atom. The van der Waals surface area contributed by atoms with Crippen LogP contribution in [0.15, 0.2) is 47.4 Å². The van der Waals surface area contributed by atoms with E-state index in [1.165, 1.54) is 18.2 Å². The van der Waals surface area contributed by atoms with Gasteiger partial charge in [0.2, 0.25) is 0 Å². The van der Waals surface area contributed by atoms with Gasteiger partial charge < -0.3 is 4.98 Å². The van der Waals surface area contributed by atoms with Crippen LogP contribution in [-0.2, 0) is 9.84 Å². The van der Waals surface area contributed by atoms with Crippen LogP contribution in [0, 0.1) is 10.6 Å². The fraction of sp³-hybridized carbons (Fsp3) is 0.0714. The molecule has 3 aromatic rings. The zero-order valence-corrected chi connectivity index (χ0v) is 12.6. The van der Waals surface area contributed by atoms with Gasteiger partial charge in [-0.15, -0.1) is 0 Å². The van der Waals surface area contributed by atoms with E-state index in [0.717, 1.165) is 6.26 Å². The average Bonchev–Trinajstić information content (AvgIpc) is 2.73. The first-order chi connectivity index (χ1) is 9.88. The van der Waals surface area contributed by atoms with E-state index in [1.807, 2.05) is 0 Å². The highest BCUT2D eigenvalue weighted by atomic mass is 32.2. The van der Waals surface area contributed by atoms with Crippen LogP contribution < -0.4 is 0 Å². The van der Waals surface area contributed by atoms with E-state index >= 15 is 0 Å². The second kappa shape index (κ2) is 4.78. The molecule has 0 spiro atoms. The van der Waals surface area contributed by atoms with Gasteiger partial charge in [-0.2, -0.15) is 0 Å². The quantitative estimate of drug-likeness (QED) is 0.737. The first-order valence-corrected chi connectivity index (χ1v) is 8.37. The molecule has 1 heterocycles. The molecule has 0 radical (unpaired) electrons. The number of hydrogen-bond acceptors (Lipinski definition) is 3. The summed E-state index contributed by atoms with van der Waals surface area (Å²) in [4.78, 5) is 3.06. The predicted octanol–water partition coefficient (Wildman–Crippen LogP) is 3.23. The van der Waals surface area contributed by atoms with Crippen LogP contribution >= 0.6 is 12.2 Å². The van der Waals surface area contributed by atoms with Crippen LogP contribution in [0.4, 0.5) is 4.39 Å². The molecule has 3 rings (SSSR count). The Hall–Kier alpha value is -1.99. The topological polar surface area (TPSA) is 54.9 Å². The highest BCUT2D eigenvalue weighted by Crippen LogP contribution is 2.25. The third kappa shape index (κ3) is 2.38. The third-order valence-corrected chi connectivity index (χ3v) is 4.57. The van der Waals surface area contributed by atoms with Crippen LogP contribution in [0.1, 0.15) is 0 Å². The minimum absolute atomic E-state index is 0.168. The number of rotatable bonds is 2. The standard InChI is InChI=1S/C14H11FN2O2S2/c1-21(18,19)12-7-3-6-11-13(12)16-14(20)17(11)10-5-2-4-9(15)8-10/h2-8H,1H3,(H,16,20). The Morgan fingerprint density at radius 2 is 1.90 bits per heavy atom. The summed E-state index contributed by atoms with van der Waals surface area (Å²) in [5.74, 6) is -0.386. The van der Waals surface area contributed by atoms with E-state index in [-0.39, 0.29) is 10.7 Å². The average molecular weight is 322 g/mol. The number of nitrogens with one attached hydrogen (secondary N) is 1. The highest BCUT2D eigenvalue weighted by molar-refractivity contribution is 7.91. The summed E-state index contributed by atoms with van der Waals surface area (Å²) in [7, 11) is -3.39. The van der Waals surface area contributed by atoms with Gasteiger partial charge in [0.25, 0.3) is 0 Å². The molecule has 0 saturated carbocycles. The van der Waals surface area contributed by atoms with E-state index in [1.54, 1.807) is 28.8 Å². The number of aromatic nitrogens is 2. The van der Waals surface area contributed by atoms with E-state index in [2.05, 4.69) is 4.98 Å². The lowest BCUT2D eigenvalue weighted by Crippen LogP contribution is -1.98. The summed E-state index contributed by atoms with van der Waals surface area (Å²) in [5, 5.41) is 0. The van der Waals surface area contributed by atoms with Gasteiger partial charge in [0.1, 0.15) is 5.82 Å². The lowest BCUT2D eigenvalue weighted by atomic mass is 10.2. The molecule has 7 heteroatoms. The predicted molar refractivity (Wildman–Crippen MR) is 81.5 cm³/mol. The Morgan fingerprint density at radius 3 is 2.57 bits per heavy atom. The molecule has 0 unspecified atom stereocenters. The monoisotopic (exact) mass is 322 g/mol. The molecule has 0 bridgehead atoms. The van der Waals surface area contributed by atoms with Crippen LogP contribution in [0.3, 0.4) is 0 Å². The lowest BCUT2D eigenvalue weighted by molar-refractivity contribution is 0.602. The molecule has 1 aromatic heterocycles. The van der Waals surface area contributed by atoms with Gasteiger partial charge in [0, 0.05) is 6.26 Å². The van der Waals surface area contributed by atoms with E-state index in [0.29, 0.717) is 21.5 Å². The van der Waals surface area contributed by atoms with Gasteiger partial charge in [-0.25, -0.2) is 12.8 Å². The van der Waals surface area contributed by atoms with Crippen molar-refractivity contribution in [3.05, 3.63) is 53.1 Å². The Balaban J connectivity index is 2.42. The maximum Gasteiger partial charge on any atom is 0.182 e. The summed E-state index contributed by atoms with van der Waals surface area (Å²) in [5.41, 5.74) is 1.56. The zero-order chi connectivity index (χ0) is 15.2. The number of para-hydroxylation sites is 1. The molecule has 0 amide bonds. The van der Waals surface area contributed by atoms with Crippen molar-refractivity contribution in [3.63, 3.8) is 0 Å². The molecule has 21 heavy (non-hydrogen) atoms. The van der Waals surface area contributed by atoms with E-state index in [9.17, 15) is 12.8 Å². The lowest BCUT2D eigenvalue weighted by Gasteiger charge is -2.05. The molecule has 0 aliphatic carbocycles. The van der Waals surface area contributed by atoms with Crippen LogP contribution in [0.25, 0.3) is 16.7 Å². The molecule has 0 saturated heterocycles. The van der Waals surface area contributed by atoms with Gasteiger partial charge in [0.05, 0.1) is 21.6 Å². The molecule has 0 aliphatic rings. The van der Waals surface area contributed by atoms with E-state index < -0.39 is 9.84 Å². The molecular weight excluding hydrogens is 311 g/mol. The first kappa shape index (κ1) is 14.0. The Bertz CT molecular complexity index is 1000. The molecule has 0 atom stereocenters. The fourth-order valence-corrected chi connectivity index (χ4v) is 3.44. The number of hydrogen-bond donors (Lipinski definition) is 1. The summed E-state index contributed by atoms with van der Waals surface area (Å²) < 4.78 is 39.0. The second-order valence-corrected chi connectivity index (χ2v) is 7.04. The third-order valence-electron chi connectivity index (χ3n) is 3.15. The van der Waals surface area contributed by atoms with E-state index in [4.69, 9.17) is 12.2 Å². The zero-order valence-electron chi connectivity index (χ0n) is 11.0. The van der Waals surface area contributed by atoms with Crippen molar-refractivity contribution in [1.29, 1.82) is 0 Å². The molecular formula is C14H11FN2O2S2. The Kier molecular flexibility index (Phi) is 3.18. The largest absolute Gasteiger partial charge is 0.329 e. The molecule has 0 aliphatic heterocycles. The van der Waals surface area contributed by atoms with Crippen LogP contribution in [0.2, 0.25) is 0 Å². The van der Waals surface area contributed by atoms with Crippen molar-refractivity contribution >= 4 is 33.1 Å². The molecule has 0 fully saturated rings.